The lowest BCUT2D eigenvalue weighted by Gasteiger charge is -2.11. The smallest absolute Gasteiger partial charge is 0.241 e. The predicted octanol–water partition coefficient (Wildman–Crippen LogP) is 0.426. The molecule has 1 atom stereocenters. The summed E-state index contributed by atoms with van der Waals surface area (Å²) in [6.45, 7) is 1.68. The topological polar surface area (TPSA) is 114 Å². The molecule has 1 aromatic heterocycles. The number of nitrogen functional groups attached to an aromatic ring is 1. The molecule has 18 heavy (non-hydrogen) atoms. The average molecular weight is 267 g/mol. The standard InChI is InChI=1S/C10H13N5O2S/c1-7(10-12-6-13-14-10)15-18(16,17)9-4-2-8(11)3-5-9/h2-7,15H,11H2,1H3,(H,12,13,14). The number of benzene rings is 1. The Morgan fingerprint density at radius 2 is 2.00 bits per heavy atom. The van der Waals surface area contributed by atoms with Crippen LogP contribution in [0.2, 0.25) is 0 Å². The molecule has 1 heterocycles. The van der Waals surface area contributed by atoms with Crippen molar-refractivity contribution in [3.8, 4) is 0 Å². The largest absolute Gasteiger partial charge is 0.399 e. The van der Waals surface area contributed by atoms with Crippen LogP contribution < -0.4 is 10.5 Å². The third kappa shape index (κ3) is 2.66. The summed E-state index contributed by atoms with van der Waals surface area (Å²) in [5.41, 5.74) is 6.02. The second kappa shape index (κ2) is 4.75. The molecule has 0 aliphatic carbocycles. The summed E-state index contributed by atoms with van der Waals surface area (Å²) in [7, 11) is -3.60. The molecule has 0 fully saturated rings. The summed E-state index contributed by atoms with van der Waals surface area (Å²) in [4.78, 5) is 4.05. The second-order valence-corrected chi connectivity index (χ2v) is 5.50. The van der Waals surface area contributed by atoms with E-state index in [1.807, 2.05) is 0 Å². The van der Waals surface area contributed by atoms with Gasteiger partial charge in [0.1, 0.15) is 12.2 Å². The van der Waals surface area contributed by atoms with E-state index >= 15 is 0 Å². The van der Waals surface area contributed by atoms with E-state index in [-0.39, 0.29) is 4.90 Å². The number of nitrogens with one attached hydrogen (secondary N) is 2. The molecule has 0 saturated heterocycles. The number of nitrogens with zero attached hydrogens (tertiary/aromatic N) is 2. The third-order valence-corrected chi connectivity index (χ3v) is 3.92. The number of hydrogen-bond acceptors (Lipinski definition) is 5. The van der Waals surface area contributed by atoms with Gasteiger partial charge in [-0.1, -0.05) is 0 Å². The highest BCUT2D eigenvalue weighted by atomic mass is 32.2. The molecular formula is C10H13N5O2S. The van der Waals surface area contributed by atoms with Crippen molar-refractivity contribution in [3.05, 3.63) is 36.4 Å². The Bertz CT molecular complexity index is 606. The van der Waals surface area contributed by atoms with Gasteiger partial charge < -0.3 is 5.73 Å². The van der Waals surface area contributed by atoms with E-state index < -0.39 is 16.1 Å². The number of anilines is 1. The lowest BCUT2D eigenvalue weighted by molar-refractivity contribution is 0.560. The number of nitrogens with two attached hydrogens (primary N) is 1. The highest BCUT2D eigenvalue weighted by Crippen LogP contribution is 2.15. The summed E-state index contributed by atoms with van der Waals surface area (Å²) >= 11 is 0. The fourth-order valence-corrected chi connectivity index (χ4v) is 2.63. The van der Waals surface area contributed by atoms with Crippen LogP contribution in [0.1, 0.15) is 18.8 Å². The van der Waals surface area contributed by atoms with Crippen molar-refractivity contribution in [2.75, 3.05) is 5.73 Å². The number of sulfonamides is 1. The molecule has 0 amide bonds. The molecule has 0 aliphatic heterocycles. The Balaban J connectivity index is 2.20. The first-order valence-corrected chi connectivity index (χ1v) is 6.70. The highest BCUT2D eigenvalue weighted by Gasteiger charge is 2.19. The fraction of sp³-hybridized carbons (Fsp3) is 0.200. The highest BCUT2D eigenvalue weighted by molar-refractivity contribution is 7.89. The minimum absolute atomic E-state index is 0.156. The van der Waals surface area contributed by atoms with Crippen molar-refractivity contribution < 1.29 is 8.42 Å². The van der Waals surface area contributed by atoms with Gasteiger partial charge in [0.2, 0.25) is 10.0 Å². The van der Waals surface area contributed by atoms with E-state index in [9.17, 15) is 8.42 Å². The van der Waals surface area contributed by atoms with Crippen molar-refractivity contribution in [1.29, 1.82) is 0 Å². The van der Waals surface area contributed by atoms with Crippen LogP contribution >= 0.6 is 0 Å². The zero-order valence-electron chi connectivity index (χ0n) is 9.66. The van der Waals surface area contributed by atoms with E-state index in [0.717, 1.165) is 0 Å². The van der Waals surface area contributed by atoms with Crippen LogP contribution in [0.4, 0.5) is 5.69 Å². The van der Waals surface area contributed by atoms with Crippen LogP contribution in [0, 0.1) is 0 Å². The SMILES string of the molecule is CC(NS(=O)(=O)c1ccc(N)cc1)c1ncn[nH]1. The molecular weight excluding hydrogens is 254 g/mol. The predicted molar refractivity (Wildman–Crippen MR) is 66.0 cm³/mol. The van der Waals surface area contributed by atoms with Crippen molar-refractivity contribution >= 4 is 15.7 Å². The Morgan fingerprint density at radius 1 is 1.33 bits per heavy atom. The molecule has 2 aromatic rings. The van der Waals surface area contributed by atoms with Gasteiger partial charge in [-0.2, -0.15) is 5.10 Å². The van der Waals surface area contributed by atoms with Crippen LogP contribution in [-0.4, -0.2) is 23.6 Å². The van der Waals surface area contributed by atoms with Gasteiger partial charge in [-0.15, -0.1) is 0 Å². The van der Waals surface area contributed by atoms with Gasteiger partial charge in [-0.3, -0.25) is 5.10 Å². The van der Waals surface area contributed by atoms with Crippen molar-refractivity contribution in [3.63, 3.8) is 0 Å². The minimum Gasteiger partial charge on any atom is -0.399 e. The van der Waals surface area contributed by atoms with E-state index in [0.29, 0.717) is 11.5 Å². The normalized spacial score (nSPS) is 13.4. The van der Waals surface area contributed by atoms with E-state index in [4.69, 9.17) is 5.73 Å². The summed E-state index contributed by atoms with van der Waals surface area (Å²) in [5, 5.41) is 6.28. The Morgan fingerprint density at radius 3 is 2.56 bits per heavy atom. The fourth-order valence-electron chi connectivity index (χ4n) is 1.43. The Kier molecular flexibility index (Phi) is 3.30. The molecule has 0 saturated carbocycles. The zero-order chi connectivity index (χ0) is 13.2. The molecule has 96 valence electrons. The van der Waals surface area contributed by atoms with E-state index in [1.165, 1.54) is 30.6 Å². The maximum Gasteiger partial charge on any atom is 0.241 e. The van der Waals surface area contributed by atoms with E-state index in [2.05, 4.69) is 19.9 Å². The molecule has 2 rings (SSSR count). The first kappa shape index (κ1) is 12.5. The average Bonchev–Trinajstić information content (AvgIpc) is 2.82. The third-order valence-electron chi connectivity index (χ3n) is 2.37. The van der Waals surface area contributed by atoms with Crippen LogP contribution in [0.5, 0.6) is 0 Å². The number of hydrogen-bond donors (Lipinski definition) is 3. The summed E-state index contributed by atoms with van der Waals surface area (Å²) < 4.78 is 26.6. The maximum absolute atomic E-state index is 12.0. The van der Waals surface area contributed by atoms with Crippen molar-refractivity contribution in [1.82, 2.24) is 19.9 Å². The van der Waals surface area contributed by atoms with Gasteiger partial charge >= 0.3 is 0 Å². The summed E-state index contributed by atoms with van der Waals surface area (Å²) in [6, 6.07) is 5.48. The Hall–Kier alpha value is -1.93. The molecule has 4 N–H and O–H groups in total. The molecule has 1 unspecified atom stereocenters. The summed E-state index contributed by atoms with van der Waals surface area (Å²) in [6.07, 6.45) is 1.32. The molecule has 8 heteroatoms. The monoisotopic (exact) mass is 267 g/mol. The van der Waals surface area contributed by atoms with Gasteiger partial charge in [0, 0.05) is 5.69 Å². The molecule has 0 aliphatic rings. The number of rotatable bonds is 4. The molecule has 0 radical (unpaired) electrons. The van der Waals surface area contributed by atoms with E-state index in [1.54, 1.807) is 6.92 Å². The summed E-state index contributed by atoms with van der Waals surface area (Å²) in [5.74, 6) is 0.453. The molecule has 0 bridgehead atoms. The van der Waals surface area contributed by atoms with Crippen molar-refractivity contribution in [2.24, 2.45) is 0 Å². The maximum atomic E-state index is 12.0. The van der Waals surface area contributed by atoms with Crippen LogP contribution in [-0.2, 0) is 10.0 Å². The zero-order valence-corrected chi connectivity index (χ0v) is 10.5. The first-order chi connectivity index (χ1) is 8.49. The molecule has 1 aromatic carbocycles. The number of H-pyrrole nitrogens is 1. The van der Waals surface area contributed by atoms with Crippen LogP contribution in [0.15, 0.2) is 35.5 Å². The number of aromatic amines is 1. The molecule has 0 spiro atoms. The van der Waals surface area contributed by atoms with Crippen molar-refractivity contribution in [2.45, 2.75) is 17.9 Å². The van der Waals surface area contributed by atoms with Gasteiger partial charge in [0.25, 0.3) is 0 Å². The molecule has 7 nitrogen and oxygen atoms in total. The lowest BCUT2D eigenvalue weighted by atomic mass is 10.3. The number of aromatic nitrogens is 3. The van der Waals surface area contributed by atoms with Gasteiger partial charge in [-0.25, -0.2) is 18.1 Å². The second-order valence-electron chi connectivity index (χ2n) is 3.78. The quantitative estimate of drug-likeness (QED) is 0.695. The van der Waals surface area contributed by atoms with Gasteiger partial charge in [0.15, 0.2) is 0 Å². The van der Waals surface area contributed by atoms with Crippen LogP contribution in [0.3, 0.4) is 0 Å². The minimum atomic E-state index is -3.60. The first-order valence-electron chi connectivity index (χ1n) is 5.22. The van der Waals surface area contributed by atoms with Gasteiger partial charge in [0.05, 0.1) is 10.9 Å². The van der Waals surface area contributed by atoms with Gasteiger partial charge in [-0.05, 0) is 31.2 Å². The van der Waals surface area contributed by atoms with Crippen LogP contribution in [0.25, 0.3) is 0 Å². The Labute approximate surface area is 104 Å². The lowest BCUT2D eigenvalue weighted by Crippen LogP contribution is -2.27.